The average Bonchev–Trinajstić information content (AvgIpc) is 2.20. The Bertz CT molecular complexity index is 514. The fourth-order valence-electron chi connectivity index (χ4n) is 1.44. The van der Waals surface area contributed by atoms with Crippen LogP contribution in [0.2, 0.25) is 0 Å². The van der Waals surface area contributed by atoms with Crippen molar-refractivity contribution in [3.8, 4) is 11.1 Å². The van der Waals surface area contributed by atoms with Crippen molar-refractivity contribution in [2.75, 3.05) is 0 Å². The van der Waals surface area contributed by atoms with Crippen LogP contribution < -0.4 is 0 Å². The van der Waals surface area contributed by atoms with Crippen molar-refractivity contribution >= 4 is 0 Å². The number of benzene rings is 2. The van der Waals surface area contributed by atoms with Gasteiger partial charge in [0, 0.05) is 11.6 Å². The van der Waals surface area contributed by atoms with Crippen LogP contribution in [0.25, 0.3) is 11.1 Å². The lowest BCUT2D eigenvalue weighted by atomic mass is 10.0. The standard InChI is InChI=1S/C12H6F4/c13-8-4-7(5-9(14)6-8)10-2-1-3-11(15)12(10)16/h1-6H. The largest absolute Gasteiger partial charge is 0.207 e. The van der Waals surface area contributed by atoms with Gasteiger partial charge in [0.05, 0.1) is 0 Å². The molecule has 0 unspecified atom stereocenters. The summed E-state index contributed by atoms with van der Waals surface area (Å²) in [5, 5.41) is 0. The minimum atomic E-state index is -1.12. The molecule has 0 aliphatic rings. The first-order valence-corrected chi connectivity index (χ1v) is 4.48. The van der Waals surface area contributed by atoms with E-state index in [0.29, 0.717) is 6.07 Å². The lowest BCUT2D eigenvalue weighted by Crippen LogP contribution is -1.91. The average molecular weight is 226 g/mol. The molecular formula is C12H6F4. The number of hydrogen-bond donors (Lipinski definition) is 0. The summed E-state index contributed by atoms with van der Waals surface area (Å²) in [7, 11) is 0. The minimum absolute atomic E-state index is 0.0329. The molecule has 0 saturated carbocycles. The van der Waals surface area contributed by atoms with Crippen LogP contribution in [0.5, 0.6) is 0 Å². The molecule has 0 amide bonds. The van der Waals surface area contributed by atoms with Crippen molar-refractivity contribution in [3.63, 3.8) is 0 Å². The summed E-state index contributed by atoms with van der Waals surface area (Å²) in [6.45, 7) is 0. The maximum atomic E-state index is 13.3. The molecule has 0 heterocycles. The van der Waals surface area contributed by atoms with Gasteiger partial charge in [0.25, 0.3) is 0 Å². The second-order valence-electron chi connectivity index (χ2n) is 3.26. The summed E-state index contributed by atoms with van der Waals surface area (Å²) >= 11 is 0. The minimum Gasteiger partial charge on any atom is -0.207 e. The van der Waals surface area contributed by atoms with Gasteiger partial charge in [-0.15, -0.1) is 0 Å². The van der Waals surface area contributed by atoms with E-state index in [1.807, 2.05) is 0 Å². The smallest absolute Gasteiger partial charge is 0.166 e. The van der Waals surface area contributed by atoms with Crippen LogP contribution in [0, 0.1) is 23.3 Å². The van der Waals surface area contributed by atoms with Gasteiger partial charge in [0.1, 0.15) is 11.6 Å². The van der Waals surface area contributed by atoms with Crippen molar-refractivity contribution < 1.29 is 17.6 Å². The maximum Gasteiger partial charge on any atom is 0.166 e. The highest BCUT2D eigenvalue weighted by Crippen LogP contribution is 2.25. The molecule has 16 heavy (non-hydrogen) atoms. The van der Waals surface area contributed by atoms with Gasteiger partial charge >= 0.3 is 0 Å². The third-order valence-electron chi connectivity index (χ3n) is 2.13. The molecule has 0 aliphatic carbocycles. The van der Waals surface area contributed by atoms with Gasteiger partial charge in [-0.25, -0.2) is 17.6 Å². The number of hydrogen-bond acceptors (Lipinski definition) is 0. The van der Waals surface area contributed by atoms with E-state index in [-0.39, 0.29) is 11.1 Å². The summed E-state index contributed by atoms with van der Waals surface area (Å²) in [6.07, 6.45) is 0. The highest BCUT2D eigenvalue weighted by atomic mass is 19.2. The topological polar surface area (TPSA) is 0 Å². The van der Waals surface area contributed by atoms with Gasteiger partial charge in [0.15, 0.2) is 11.6 Å². The van der Waals surface area contributed by atoms with Crippen LogP contribution in [-0.2, 0) is 0 Å². The second-order valence-corrected chi connectivity index (χ2v) is 3.26. The van der Waals surface area contributed by atoms with Crippen LogP contribution >= 0.6 is 0 Å². The van der Waals surface area contributed by atoms with Gasteiger partial charge in [-0.3, -0.25) is 0 Å². The summed E-state index contributed by atoms with van der Waals surface area (Å²) in [4.78, 5) is 0. The van der Waals surface area contributed by atoms with Gasteiger partial charge in [0.2, 0.25) is 0 Å². The van der Waals surface area contributed by atoms with Crippen LogP contribution in [0.4, 0.5) is 17.6 Å². The molecule has 82 valence electrons. The number of halogens is 4. The molecule has 0 radical (unpaired) electrons. The molecule has 0 fully saturated rings. The summed E-state index contributed by atoms with van der Waals surface area (Å²) in [5.41, 5.74) is -0.201. The van der Waals surface area contributed by atoms with Crippen molar-refractivity contribution in [2.45, 2.75) is 0 Å². The van der Waals surface area contributed by atoms with Crippen LogP contribution in [0.15, 0.2) is 36.4 Å². The van der Waals surface area contributed by atoms with Gasteiger partial charge in [-0.05, 0) is 23.8 Å². The SMILES string of the molecule is Fc1cc(F)cc(-c2cccc(F)c2F)c1. The fourth-order valence-corrected chi connectivity index (χ4v) is 1.44. The molecular weight excluding hydrogens is 220 g/mol. The van der Waals surface area contributed by atoms with Crippen molar-refractivity contribution in [2.24, 2.45) is 0 Å². The monoisotopic (exact) mass is 226 g/mol. The number of rotatable bonds is 1. The van der Waals surface area contributed by atoms with Gasteiger partial charge in [-0.2, -0.15) is 0 Å². The molecule has 0 saturated heterocycles. The molecule has 2 aromatic carbocycles. The third-order valence-corrected chi connectivity index (χ3v) is 2.13. The van der Waals surface area contributed by atoms with E-state index in [9.17, 15) is 17.6 Å². The molecule has 0 spiro atoms. The molecule has 0 bridgehead atoms. The van der Waals surface area contributed by atoms with E-state index in [1.165, 1.54) is 12.1 Å². The van der Waals surface area contributed by atoms with Crippen LogP contribution in [-0.4, -0.2) is 0 Å². The van der Waals surface area contributed by atoms with E-state index in [2.05, 4.69) is 0 Å². The molecule has 0 atom stereocenters. The Morgan fingerprint density at radius 3 is 2.00 bits per heavy atom. The summed E-state index contributed by atoms with van der Waals surface area (Å²) < 4.78 is 52.0. The van der Waals surface area contributed by atoms with Crippen LogP contribution in [0.3, 0.4) is 0 Å². The summed E-state index contributed by atoms with van der Waals surface area (Å²) in [6, 6.07) is 6.03. The Hall–Kier alpha value is -1.84. The van der Waals surface area contributed by atoms with Gasteiger partial charge in [-0.1, -0.05) is 12.1 Å². The van der Waals surface area contributed by atoms with E-state index in [0.717, 1.165) is 18.2 Å². The molecule has 0 aromatic heterocycles. The van der Waals surface area contributed by atoms with E-state index >= 15 is 0 Å². The molecule has 2 rings (SSSR count). The molecule has 0 aliphatic heterocycles. The van der Waals surface area contributed by atoms with Crippen molar-refractivity contribution in [1.29, 1.82) is 0 Å². The zero-order chi connectivity index (χ0) is 11.7. The van der Waals surface area contributed by atoms with Crippen LogP contribution in [0.1, 0.15) is 0 Å². The first kappa shape index (κ1) is 10.7. The first-order valence-electron chi connectivity index (χ1n) is 4.48. The Morgan fingerprint density at radius 2 is 1.38 bits per heavy atom. The molecule has 0 nitrogen and oxygen atoms in total. The molecule has 4 heteroatoms. The third kappa shape index (κ3) is 1.91. The predicted molar refractivity (Wildman–Crippen MR) is 51.7 cm³/mol. The van der Waals surface area contributed by atoms with E-state index in [1.54, 1.807) is 0 Å². The Labute approximate surface area is 89.2 Å². The lowest BCUT2D eigenvalue weighted by Gasteiger charge is -2.04. The summed E-state index contributed by atoms with van der Waals surface area (Å²) in [5.74, 6) is -3.84. The Balaban J connectivity index is 2.63. The highest BCUT2D eigenvalue weighted by Gasteiger charge is 2.11. The zero-order valence-electron chi connectivity index (χ0n) is 7.98. The molecule has 2 aromatic rings. The fraction of sp³-hybridized carbons (Fsp3) is 0. The Kier molecular flexibility index (Phi) is 2.64. The Morgan fingerprint density at radius 1 is 0.750 bits per heavy atom. The van der Waals surface area contributed by atoms with E-state index < -0.39 is 23.3 Å². The zero-order valence-corrected chi connectivity index (χ0v) is 7.98. The second kappa shape index (κ2) is 3.96. The predicted octanol–water partition coefficient (Wildman–Crippen LogP) is 3.91. The van der Waals surface area contributed by atoms with Gasteiger partial charge < -0.3 is 0 Å². The molecule has 0 N–H and O–H groups in total. The normalized spacial score (nSPS) is 10.5. The highest BCUT2D eigenvalue weighted by molar-refractivity contribution is 5.64. The van der Waals surface area contributed by atoms with Crippen molar-refractivity contribution in [1.82, 2.24) is 0 Å². The first-order chi connectivity index (χ1) is 7.58. The quantitative estimate of drug-likeness (QED) is 0.646. The maximum absolute atomic E-state index is 13.3. The lowest BCUT2D eigenvalue weighted by molar-refractivity contribution is 0.511. The van der Waals surface area contributed by atoms with E-state index in [4.69, 9.17) is 0 Å². The van der Waals surface area contributed by atoms with Crippen molar-refractivity contribution in [3.05, 3.63) is 59.7 Å².